The Kier molecular flexibility index (Phi) is 11.2. The molecule has 0 atom stereocenters. The summed E-state index contributed by atoms with van der Waals surface area (Å²) in [6, 6.07) is 30.8. The maximum atomic E-state index is 13.5. The Labute approximate surface area is 236 Å². The van der Waals surface area contributed by atoms with Crippen LogP contribution in [0.15, 0.2) is 97.1 Å². The number of carbonyl (C=O) groups excluding carboxylic acids is 1. The van der Waals surface area contributed by atoms with Crippen LogP contribution in [0.2, 0.25) is 0 Å². The van der Waals surface area contributed by atoms with E-state index in [1.807, 2.05) is 54.6 Å². The minimum absolute atomic E-state index is 0. The number of ether oxygens (including phenoxy) is 2. The number of hydrogen-bond donors (Lipinski definition) is 1. The number of rotatable bonds is 12. The molecule has 4 aromatic rings. The third-order valence-corrected chi connectivity index (χ3v) is 6.26. The van der Waals surface area contributed by atoms with Crippen LogP contribution in [-0.2, 0) is 30.9 Å². The lowest BCUT2D eigenvalue weighted by Crippen LogP contribution is -2.28. The van der Waals surface area contributed by atoms with Crippen molar-refractivity contribution in [2.45, 2.75) is 33.0 Å². The Morgan fingerprint density at radius 3 is 2.33 bits per heavy atom. The number of amides is 1. The van der Waals surface area contributed by atoms with Crippen molar-refractivity contribution in [1.29, 1.82) is 0 Å². The first-order valence-electron chi connectivity index (χ1n) is 12.7. The van der Waals surface area contributed by atoms with Gasteiger partial charge in [0.05, 0.1) is 7.11 Å². The summed E-state index contributed by atoms with van der Waals surface area (Å²) in [5.74, 6) is 0.912. The van der Waals surface area contributed by atoms with Crippen LogP contribution in [-0.4, -0.2) is 19.6 Å². The monoisotopic (exact) mass is 548 g/mol. The number of methoxy groups -OCH3 is 1. The second kappa shape index (κ2) is 14.8. The van der Waals surface area contributed by atoms with Crippen molar-refractivity contribution in [3.8, 4) is 11.5 Å². The largest absolute Gasteiger partial charge is 0.493 e. The minimum atomic E-state index is -0.285. The molecule has 0 unspecified atom stereocenters. The predicted molar refractivity (Wildman–Crippen MR) is 156 cm³/mol. The molecular weight excluding hydrogens is 515 g/mol. The number of nitrogens with one attached hydrogen (secondary N) is 1. The van der Waals surface area contributed by atoms with E-state index in [4.69, 9.17) is 9.47 Å². The lowest BCUT2D eigenvalue weighted by atomic mass is 10.1. The van der Waals surface area contributed by atoms with Crippen molar-refractivity contribution in [2.75, 3.05) is 18.6 Å². The van der Waals surface area contributed by atoms with Gasteiger partial charge in [0.15, 0.2) is 11.5 Å². The summed E-state index contributed by atoms with van der Waals surface area (Å²) in [6.45, 7) is 3.76. The van der Waals surface area contributed by atoms with E-state index in [2.05, 4.69) is 34.5 Å². The van der Waals surface area contributed by atoms with Crippen LogP contribution in [0, 0.1) is 5.82 Å². The van der Waals surface area contributed by atoms with Gasteiger partial charge in [-0.3, -0.25) is 4.79 Å². The topological polar surface area (TPSA) is 50.8 Å². The summed E-state index contributed by atoms with van der Waals surface area (Å²) in [5.41, 5.74) is 5.23. The molecule has 1 amide bonds. The second-order valence-corrected chi connectivity index (χ2v) is 9.10. The highest BCUT2D eigenvalue weighted by atomic mass is 35.5. The molecule has 7 heteroatoms. The maximum absolute atomic E-state index is 13.5. The Balaban J connectivity index is 0.00000420. The minimum Gasteiger partial charge on any atom is -0.493 e. The van der Waals surface area contributed by atoms with Gasteiger partial charge in [-0.05, 0) is 59.0 Å². The predicted octanol–water partition coefficient (Wildman–Crippen LogP) is 6.72. The van der Waals surface area contributed by atoms with E-state index in [0.29, 0.717) is 18.0 Å². The zero-order valence-corrected chi connectivity index (χ0v) is 23.0. The smallest absolute Gasteiger partial charge is 0.217 e. The number of hydrogen-bond acceptors (Lipinski definition) is 4. The van der Waals surface area contributed by atoms with E-state index in [-0.39, 0.29) is 30.7 Å². The van der Waals surface area contributed by atoms with Gasteiger partial charge in [-0.2, -0.15) is 0 Å². The fourth-order valence-corrected chi connectivity index (χ4v) is 4.32. The molecule has 4 rings (SSSR count). The summed E-state index contributed by atoms with van der Waals surface area (Å²) in [7, 11) is 1.62. The van der Waals surface area contributed by atoms with Crippen molar-refractivity contribution >= 4 is 24.0 Å². The van der Waals surface area contributed by atoms with E-state index < -0.39 is 0 Å². The van der Waals surface area contributed by atoms with Gasteiger partial charge in [-0.25, -0.2) is 4.39 Å². The van der Waals surface area contributed by atoms with Crippen molar-refractivity contribution in [3.05, 3.63) is 125 Å². The summed E-state index contributed by atoms with van der Waals surface area (Å²) in [4.78, 5) is 13.9. The number of carbonyl (C=O) groups is 1. The highest BCUT2D eigenvalue weighted by Gasteiger charge is 2.14. The Hall–Kier alpha value is -4.03. The van der Waals surface area contributed by atoms with Crippen molar-refractivity contribution in [2.24, 2.45) is 0 Å². The fraction of sp³-hybridized carbons (Fsp3) is 0.219. The lowest BCUT2D eigenvalue weighted by Gasteiger charge is -2.28. The molecule has 0 aliphatic carbocycles. The van der Waals surface area contributed by atoms with E-state index in [1.54, 1.807) is 13.2 Å². The van der Waals surface area contributed by atoms with Gasteiger partial charge in [0, 0.05) is 32.2 Å². The normalized spacial score (nSPS) is 10.3. The molecule has 1 N–H and O–H groups in total. The second-order valence-electron chi connectivity index (χ2n) is 9.10. The van der Waals surface area contributed by atoms with Gasteiger partial charge < -0.3 is 19.7 Å². The van der Waals surface area contributed by atoms with Gasteiger partial charge >= 0.3 is 0 Å². The molecule has 4 aromatic carbocycles. The van der Waals surface area contributed by atoms with Crippen LogP contribution in [0.5, 0.6) is 11.5 Å². The van der Waals surface area contributed by atoms with Crippen LogP contribution < -0.4 is 19.7 Å². The van der Waals surface area contributed by atoms with E-state index in [9.17, 15) is 9.18 Å². The van der Waals surface area contributed by atoms with Crippen LogP contribution in [0.25, 0.3) is 0 Å². The fourth-order valence-electron chi connectivity index (χ4n) is 4.32. The number of halogens is 2. The van der Waals surface area contributed by atoms with Crippen LogP contribution in [0.3, 0.4) is 0 Å². The molecule has 0 aromatic heterocycles. The van der Waals surface area contributed by atoms with Gasteiger partial charge in [0.1, 0.15) is 12.4 Å². The van der Waals surface area contributed by atoms with E-state index >= 15 is 0 Å². The van der Waals surface area contributed by atoms with Crippen molar-refractivity contribution in [1.82, 2.24) is 5.32 Å². The van der Waals surface area contributed by atoms with Crippen LogP contribution >= 0.6 is 12.4 Å². The third-order valence-electron chi connectivity index (χ3n) is 6.26. The molecular formula is C32H34ClFN2O3. The Morgan fingerprint density at radius 1 is 0.846 bits per heavy atom. The number of anilines is 1. The SMILES string of the molecule is COc1cc(CCN(Cc2ccccc2)c2ccccc2CNC(C)=O)ccc1OCc1cccc(F)c1.Cl. The van der Waals surface area contributed by atoms with Gasteiger partial charge in [-0.15, -0.1) is 12.4 Å². The highest BCUT2D eigenvalue weighted by molar-refractivity contribution is 5.85. The molecule has 39 heavy (non-hydrogen) atoms. The summed E-state index contributed by atoms with van der Waals surface area (Å²) in [6.07, 6.45) is 0.780. The maximum Gasteiger partial charge on any atom is 0.217 e. The standard InChI is InChI=1S/C32H33FN2O3.ClH/c1-24(36)34-21-28-12-6-7-14-30(28)35(22-26-9-4-3-5-10-26)18-17-25-15-16-31(32(20-25)37-2)38-23-27-11-8-13-29(33)19-27;/h3-16,19-20H,17-18,21-23H2,1-2H3,(H,34,36);1H. The van der Waals surface area contributed by atoms with E-state index in [0.717, 1.165) is 41.9 Å². The van der Waals surface area contributed by atoms with Gasteiger partial charge in [0.25, 0.3) is 0 Å². The first-order chi connectivity index (χ1) is 18.5. The number of nitrogens with zero attached hydrogens (tertiary/aromatic N) is 1. The average Bonchev–Trinajstić information content (AvgIpc) is 2.94. The molecule has 5 nitrogen and oxygen atoms in total. The number of para-hydroxylation sites is 1. The highest BCUT2D eigenvalue weighted by Crippen LogP contribution is 2.30. The van der Waals surface area contributed by atoms with E-state index in [1.165, 1.54) is 24.6 Å². The zero-order valence-electron chi connectivity index (χ0n) is 22.2. The number of benzene rings is 4. The molecule has 0 radical (unpaired) electrons. The Morgan fingerprint density at radius 2 is 1.59 bits per heavy atom. The van der Waals surface area contributed by atoms with Crippen molar-refractivity contribution in [3.63, 3.8) is 0 Å². The molecule has 0 saturated carbocycles. The van der Waals surface area contributed by atoms with Gasteiger partial charge in [0.2, 0.25) is 5.91 Å². The molecule has 0 fully saturated rings. The first-order valence-corrected chi connectivity index (χ1v) is 12.7. The lowest BCUT2D eigenvalue weighted by molar-refractivity contribution is -0.119. The quantitative estimate of drug-likeness (QED) is 0.213. The van der Waals surface area contributed by atoms with Crippen molar-refractivity contribution < 1.29 is 18.7 Å². The third kappa shape index (κ3) is 8.76. The molecule has 0 aliphatic heterocycles. The average molecular weight is 549 g/mol. The zero-order chi connectivity index (χ0) is 26.7. The molecule has 0 aliphatic rings. The summed E-state index contributed by atoms with van der Waals surface area (Å²) in [5, 5.41) is 2.93. The summed E-state index contributed by atoms with van der Waals surface area (Å²) < 4.78 is 25.0. The molecule has 204 valence electrons. The Bertz CT molecular complexity index is 1350. The molecule has 0 bridgehead atoms. The van der Waals surface area contributed by atoms with Crippen LogP contribution in [0.1, 0.15) is 29.2 Å². The molecule has 0 spiro atoms. The van der Waals surface area contributed by atoms with Crippen LogP contribution in [0.4, 0.5) is 10.1 Å². The molecule has 0 saturated heterocycles. The first kappa shape index (κ1) is 29.5. The molecule has 0 heterocycles. The summed E-state index contributed by atoms with van der Waals surface area (Å²) >= 11 is 0. The van der Waals surface area contributed by atoms with Gasteiger partial charge in [-0.1, -0.05) is 66.7 Å².